The maximum absolute atomic E-state index is 5.74. The number of hydrogen-bond acceptors (Lipinski definition) is 3. The van der Waals surface area contributed by atoms with E-state index in [-0.39, 0.29) is 6.10 Å². The van der Waals surface area contributed by atoms with Crippen molar-refractivity contribution >= 4 is 11.8 Å². The van der Waals surface area contributed by atoms with Gasteiger partial charge in [0.25, 0.3) is 0 Å². The molecule has 0 N–H and O–H groups in total. The summed E-state index contributed by atoms with van der Waals surface area (Å²) in [6, 6.07) is 8.19. The molecule has 1 aromatic carbocycles. The third-order valence-electron chi connectivity index (χ3n) is 2.25. The molecule has 0 saturated carbocycles. The second-order valence-corrected chi connectivity index (χ2v) is 4.16. The molecule has 0 amide bonds. The van der Waals surface area contributed by atoms with E-state index in [9.17, 15) is 0 Å². The van der Waals surface area contributed by atoms with Crippen LogP contribution < -0.4 is 4.74 Å². The summed E-state index contributed by atoms with van der Waals surface area (Å²) in [5, 5.41) is 0. The van der Waals surface area contributed by atoms with Crippen molar-refractivity contribution < 1.29 is 9.47 Å². The molecule has 2 nitrogen and oxygen atoms in total. The molecule has 0 aliphatic carbocycles. The first kappa shape index (κ1) is 9.87. The van der Waals surface area contributed by atoms with Crippen LogP contribution in [0.1, 0.15) is 6.42 Å². The van der Waals surface area contributed by atoms with Crippen molar-refractivity contribution in [2.24, 2.45) is 0 Å². The molecular weight excluding hydrogens is 196 g/mol. The van der Waals surface area contributed by atoms with Gasteiger partial charge in [-0.3, -0.25) is 0 Å². The molecule has 0 spiro atoms. The molecular formula is C11H14O2S. The van der Waals surface area contributed by atoms with Gasteiger partial charge in [0.2, 0.25) is 0 Å². The van der Waals surface area contributed by atoms with Gasteiger partial charge in [0.15, 0.2) is 0 Å². The lowest BCUT2D eigenvalue weighted by atomic mass is 10.3. The predicted molar refractivity (Wildman–Crippen MR) is 58.1 cm³/mol. The summed E-state index contributed by atoms with van der Waals surface area (Å²) in [5.41, 5.74) is 0. The molecule has 1 saturated heterocycles. The zero-order valence-corrected chi connectivity index (χ0v) is 9.05. The van der Waals surface area contributed by atoms with E-state index in [0.29, 0.717) is 0 Å². The van der Waals surface area contributed by atoms with Crippen molar-refractivity contribution in [3.8, 4) is 5.75 Å². The Kier molecular flexibility index (Phi) is 3.32. The molecule has 1 unspecified atom stereocenters. The molecule has 1 aliphatic rings. The Balaban J connectivity index is 1.95. The van der Waals surface area contributed by atoms with Crippen molar-refractivity contribution in [1.29, 1.82) is 0 Å². The van der Waals surface area contributed by atoms with Crippen LogP contribution in [0.3, 0.4) is 0 Å². The molecule has 1 heterocycles. The zero-order chi connectivity index (χ0) is 9.80. The first-order valence-corrected chi connectivity index (χ1v) is 5.99. The summed E-state index contributed by atoms with van der Waals surface area (Å²) < 4.78 is 11.0. The number of hydrogen-bond donors (Lipinski definition) is 0. The fourth-order valence-corrected chi connectivity index (χ4v) is 1.86. The van der Waals surface area contributed by atoms with Crippen LogP contribution in [0.2, 0.25) is 0 Å². The lowest BCUT2D eigenvalue weighted by molar-refractivity contribution is 0.141. The molecule has 3 heteroatoms. The topological polar surface area (TPSA) is 18.5 Å². The zero-order valence-electron chi connectivity index (χ0n) is 8.23. The second kappa shape index (κ2) is 4.71. The highest BCUT2D eigenvalue weighted by Crippen LogP contribution is 2.21. The van der Waals surface area contributed by atoms with Crippen LogP contribution in [0.4, 0.5) is 0 Å². The van der Waals surface area contributed by atoms with Crippen molar-refractivity contribution in [2.45, 2.75) is 17.4 Å². The molecule has 14 heavy (non-hydrogen) atoms. The van der Waals surface area contributed by atoms with Crippen LogP contribution >= 0.6 is 11.8 Å². The highest BCUT2D eigenvalue weighted by molar-refractivity contribution is 7.98. The first-order valence-electron chi connectivity index (χ1n) is 4.77. The summed E-state index contributed by atoms with van der Waals surface area (Å²) >= 11 is 1.74. The average Bonchev–Trinajstić information content (AvgIpc) is 2.72. The van der Waals surface area contributed by atoms with Gasteiger partial charge in [-0.1, -0.05) is 0 Å². The van der Waals surface area contributed by atoms with Crippen LogP contribution in [0, 0.1) is 0 Å². The average molecular weight is 210 g/mol. The van der Waals surface area contributed by atoms with E-state index in [2.05, 4.69) is 18.4 Å². The minimum Gasteiger partial charge on any atom is -0.488 e. The van der Waals surface area contributed by atoms with E-state index in [1.165, 1.54) is 4.90 Å². The third-order valence-corrected chi connectivity index (χ3v) is 2.99. The van der Waals surface area contributed by atoms with Crippen LogP contribution in [0.15, 0.2) is 29.2 Å². The Hall–Kier alpha value is -0.670. The van der Waals surface area contributed by atoms with Gasteiger partial charge in [0, 0.05) is 11.3 Å². The van der Waals surface area contributed by atoms with Gasteiger partial charge in [-0.15, -0.1) is 11.8 Å². The molecule has 76 valence electrons. The SMILES string of the molecule is CSc1ccc(OC2CCOC2)cc1. The fourth-order valence-electron chi connectivity index (χ4n) is 1.45. The number of thioether (sulfide) groups is 1. The third kappa shape index (κ3) is 2.42. The smallest absolute Gasteiger partial charge is 0.124 e. The van der Waals surface area contributed by atoms with Gasteiger partial charge in [-0.05, 0) is 30.5 Å². The highest BCUT2D eigenvalue weighted by atomic mass is 32.2. The van der Waals surface area contributed by atoms with Gasteiger partial charge in [-0.25, -0.2) is 0 Å². The summed E-state index contributed by atoms with van der Waals surface area (Å²) in [6.45, 7) is 1.55. The summed E-state index contributed by atoms with van der Waals surface area (Å²) in [7, 11) is 0. The molecule has 0 radical (unpaired) electrons. The Morgan fingerprint density at radius 1 is 1.36 bits per heavy atom. The minimum atomic E-state index is 0.245. The van der Waals surface area contributed by atoms with E-state index in [0.717, 1.165) is 25.4 Å². The largest absolute Gasteiger partial charge is 0.488 e. The van der Waals surface area contributed by atoms with E-state index >= 15 is 0 Å². The Labute approximate surface area is 88.6 Å². The quantitative estimate of drug-likeness (QED) is 0.714. The predicted octanol–water partition coefficient (Wildman–Crippen LogP) is 2.58. The van der Waals surface area contributed by atoms with Gasteiger partial charge in [0.1, 0.15) is 11.9 Å². The fraction of sp³-hybridized carbons (Fsp3) is 0.455. The van der Waals surface area contributed by atoms with Crippen LogP contribution in [-0.4, -0.2) is 25.6 Å². The van der Waals surface area contributed by atoms with Crippen molar-refractivity contribution in [2.75, 3.05) is 19.5 Å². The normalized spacial score (nSPS) is 21.1. The van der Waals surface area contributed by atoms with E-state index in [4.69, 9.17) is 9.47 Å². The van der Waals surface area contributed by atoms with Crippen molar-refractivity contribution in [1.82, 2.24) is 0 Å². The highest BCUT2D eigenvalue weighted by Gasteiger charge is 2.16. The van der Waals surface area contributed by atoms with Gasteiger partial charge >= 0.3 is 0 Å². The molecule has 1 aliphatic heterocycles. The van der Waals surface area contributed by atoms with Crippen LogP contribution in [0.25, 0.3) is 0 Å². The first-order chi connectivity index (χ1) is 6.88. The molecule has 2 rings (SSSR count). The summed E-state index contributed by atoms with van der Waals surface area (Å²) in [6.07, 6.45) is 3.32. The maximum atomic E-state index is 5.74. The van der Waals surface area contributed by atoms with Crippen LogP contribution in [0.5, 0.6) is 5.75 Å². The monoisotopic (exact) mass is 210 g/mol. The molecule has 1 atom stereocenters. The second-order valence-electron chi connectivity index (χ2n) is 3.28. The van der Waals surface area contributed by atoms with Gasteiger partial charge in [0.05, 0.1) is 13.2 Å². The van der Waals surface area contributed by atoms with Crippen LogP contribution in [-0.2, 0) is 4.74 Å². The number of benzene rings is 1. The Bertz CT molecular complexity index is 278. The van der Waals surface area contributed by atoms with E-state index < -0.39 is 0 Å². The Morgan fingerprint density at radius 2 is 2.14 bits per heavy atom. The van der Waals surface area contributed by atoms with Crippen molar-refractivity contribution in [3.05, 3.63) is 24.3 Å². The van der Waals surface area contributed by atoms with Gasteiger partial charge < -0.3 is 9.47 Å². The van der Waals surface area contributed by atoms with E-state index in [1.807, 2.05) is 12.1 Å². The molecule has 1 fully saturated rings. The Morgan fingerprint density at radius 3 is 2.71 bits per heavy atom. The lowest BCUT2D eigenvalue weighted by Gasteiger charge is -2.11. The standard InChI is InChI=1S/C11H14O2S/c1-14-11-4-2-9(3-5-11)13-10-6-7-12-8-10/h2-5,10H,6-8H2,1H3. The van der Waals surface area contributed by atoms with Gasteiger partial charge in [-0.2, -0.15) is 0 Å². The van der Waals surface area contributed by atoms with Crippen molar-refractivity contribution in [3.63, 3.8) is 0 Å². The minimum absolute atomic E-state index is 0.245. The number of rotatable bonds is 3. The molecule has 1 aromatic rings. The number of ether oxygens (including phenoxy) is 2. The maximum Gasteiger partial charge on any atom is 0.124 e. The van der Waals surface area contributed by atoms with E-state index in [1.54, 1.807) is 11.8 Å². The lowest BCUT2D eigenvalue weighted by Crippen LogP contribution is -2.15. The summed E-state index contributed by atoms with van der Waals surface area (Å²) in [4.78, 5) is 1.26. The molecule has 0 bridgehead atoms. The molecule has 0 aromatic heterocycles. The summed E-state index contributed by atoms with van der Waals surface area (Å²) in [5.74, 6) is 0.943.